The highest BCUT2D eigenvalue weighted by Crippen LogP contribution is 2.20. The van der Waals surface area contributed by atoms with Crippen LogP contribution in [0.3, 0.4) is 0 Å². The number of anilines is 1. The van der Waals surface area contributed by atoms with Gasteiger partial charge in [-0.05, 0) is 41.5 Å². The van der Waals surface area contributed by atoms with Gasteiger partial charge in [0, 0.05) is 18.3 Å². The Morgan fingerprint density at radius 2 is 2.12 bits per heavy atom. The Balaban J connectivity index is 1.57. The van der Waals surface area contributed by atoms with Gasteiger partial charge in [-0.1, -0.05) is 24.3 Å². The molecule has 0 bridgehead atoms. The average molecular weight is 352 g/mol. The predicted molar refractivity (Wildman–Crippen MR) is 99.0 cm³/mol. The molecule has 1 fully saturated rings. The summed E-state index contributed by atoms with van der Waals surface area (Å²) in [6, 6.07) is 14.9. The monoisotopic (exact) mass is 352 g/mol. The lowest BCUT2D eigenvalue weighted by Gasteiger charge is -2.13. The third-order valence-electron chi connectivity index (χ3n) is 3.97. The van der Waals surface area contributed by atoms with Crippen molar-refractivity contribution in [2.24, 2.45) is 0 Å². The molecular weight excluding hydrogens is 332 g/mol. The molecule has 1 aliphatic rings. The molecule has 6 heteroatoms. The van der Waals surface area contributed by atoms with Crippen molar-refractivity contribution in [3.05, 3.63) is 65.7 Å². The third-order valence-corrected chi connectivity index (χ3v) is 3.97. The van der Waals surface area contributed by atoms with Crippen molar-refractivity contribution < 1.29 is 19.1 Å². The normalized spacial score (nSPS) is 13.7. The van der Waals surface area contributed by atoms with Gasteiger partial charge in [0.2, 0.25) is 5.91 Å². The van der Waals surface area contributed by atoms with Crippen molar-refractivity contribution in [2.45, 2.75) is 6.54 Å². The molecule has 6 nitrogen and oxygen atoms in total. The smallest absolute Gasteiger partial charge is 0.414 e. The fourth-order valence-corrected chi connectivity index (χ4v) is 2.63. The van der Waals surface area contributed by atoms with E-state index in [0.29, 0.717) is 19.7 Å². The molecule has 2 aromatic carbocycles. The average Bonchev–Trinajstić information content (AvgIpc) is 3.11. The molecule has 3 rings (SSSR count). The van der Waals surface area contributed by atoms with E-state index in [1.54, 1.807) is 18.1 Å². The first-order valence-corrected chi connectivity index (χ1v) is 8.29. The molecule has 0 aromatic heterocycles. The number of carbonyl (C=O) groups excluding carboxylic acids is 2. The lowest BCUT2D eigenvalue weighted by molar-refractivity contribution is -0.116. The van der Waals surface area contributed by atoms with E-state index in [1.165, 1.54) is 6.08 Å². The van der Waals surface area contributed by atoms with Crippen molar-refractivity contribution in [2.75, 3.05) is 25.2 Å². The number of methoxy groups -OCH3 is 1. The van der Waals surface area contributed by atoms with Crippen LogP contribution in [0.15, 0.2) is 54.6 Å². The lowest BCUT2D eigenvalue weighted by Crippen LogP contribution is -2.24. The second kappa shape index (κ2) is 8.20. The zero-order chi connectivity index (χ0) is 18.4. The molecule has 1 saturated heterocycles. The number of nitrogens with zero attached hydrogens (tertiary/aromatic N) is 1. The van der Waals surface area contributed by atoms with Crippen LogP contribution in [-0.4, -0.2) is 32.3 Å². The molecule has 1 N–H and O–H groups in total. The number of hydrogen-bond acceptors (Lipinski definition) is 4. The molecule has 0 atom stereocenters. The summed E-state index contributed by atoms with van der Waals surface area (Å²) in [5.41, 5.74) is 2.56. The number of cyclic esters (lactones) is 1. The van der Waals surface area contributed by atoms with Crippen LogP contribution < -0.4 is 15.0 Å². The Morgan fingerprint density at radius 1 is 1.27 bits per heavy atom. The van der Waals surface area contributed by atoms with Crippen LogP contribution in [0.4, 0.5) is 10.5 Å². The molecule has 0 radical (unpaired) electrons. The van der Waals surface area contributed by atoms with Gasteiger partial charge in [-0.15, -0.1) is 0 Å². The number of hydrogen-bond donors (Lipinski definition) is 1. The standard InChI is InChI=1S/C20H20N2O4/c1-25-18-7-3-4-15(13-18)8-9-19(23)21-14-16-5-2-6-17(12-16)22-10-11-26-20(22)24/h2-9,12-13H,10-11,14H2,1H3,(H,21,23). The zero-order valence-corrected chi connectivity index (χ0v) is 14.5. The highest BCUT2D eigenvalue weighted by atomic mass is 16.6. The van der Waals surface area contributed by atoms with Crippen molar-refractivity contribution in [3.8, 4) is 5.75 Å². The van der Waals surface area contributed by atoms with Gasteiger partial charge >= 0.3 is 6.09 Å². The van der Waals surface area contributed by atoms with Gasteiger partial charge < -0.3 is 14.8 Å². The van der Waals surface area contributed by atoms with Crippen LogP contribution in [0.2, 0.25) is 0 Å². The summed E-state index contributed by atoms with van der Waals surface area (Å²) in [5.74, 6) is 0.545. The van der Waals surface area contributed by atoms with Crippen LogP contribution >= 0.6 is 0 Å². The minimum absolute atomic E-state index is 0.196. The third kappa shape index (κ3) is 4.42. The first-order chi connectivity index (χ1) is 12.7. The molecule has 2 amide bonds. The number of amides is 2. The topological polar surface area (TPSA) is 67.9 Å². The van der Waals surface area contributed by atoms with Crippen LogP contribution in [-0.2, 0) is 16.1 Å². The minimum atomic E-state index is -0.340. The fourth-order valence-electron chi connectivity index (χ4n) is 2.63. The van der Waals surface area contributed by atoms with E-state index in [2.05, 4.69) is 5.32 Å². The van der Waals surface area contributed by atoms with E-state index >= 15 is 0 Å². The second-order valence-electron chi connectivity index (χ2n) is 5.76. The van der Waals surface area contributed by atoms with Gasteiger partial charge in [-0.25, -0.2) is 4.79 Å². The Bertz CT molecular complexity index is 832. The zero-order valence-electron chi connectivity index (χ0n) is 14.5. The first-order valence-electron chi connectivity index (χ1n) is 8.29. The number of ether oxygens (including phenoxy) is 2. The maximum absolute atomic E-state index is 12.0. The second-order valence-corrected chi connectivity index (χ2v) is 5.76. The summed E-state index contributed by atoms with van der Waals surface area (Å²) in [5, 5.41) is 2.84. The summed E-state index contributed by atoms with van der Waals surface area (Å²) in [7, 11) is 1.60. The molecule has 0 aliphatic carbocycles. The van der Waals surface area contributed by atoms with Crippen molar-refractivity contribution in [1.82, 2.24) is 5.32 Å². The molecule has 1 heterocycles. The number of carbonyl (C=O) groups is 2. The number of benzene rings is 2. The van der Waals surface area contributed by atoms with Gasteiger partial charge in [-0.3, -0.25) is 9.69 Å². The summed E-state index contributed by atoms with van der Waals surface area (Å²) < 4.78 is 10.1. The van der Waals surface area contributed by atoms with Crippen LogP contribution in [0, 0.1) is 0 Å². The van der Waals surface area contributed by atoms with E-state index in [4.69, 9.17) is 9.47 Å². The number of rotatable bonds is 6. The van der Waals surface area contributed by atoms with Gasteiger partial charge in [0.25, 0.3) is 0 Å². The Hall–Kier alpha value is -3.28. The van der Waals surface area contributed by atoms with Crippen LogP contribution in [0.5, 0.6) is 5.75 Å². The van der Waals surface area contributed by atoms with Crippen LogP contribution in [0.25, 0.3) is 6.08 Å². The molecule has 1 aliphatic heterocycles. The molecule has 2 aromatic rings. The van der Waals surface area contributed by atoms with Crippen LogP contribution in [0.1, 0.15) is 11.1 Å². The molecule has 134 valence electrons. The largest absolute Gasteiger partial charge is 0.497 e. The first kappa shape index (κ1) is 17.5. The van der Waals surface area contributed by atoms with Crippen molar-refractivity contribution in [3.63, 3.8) is 0 Å². The minimum Gasteiger partial charge on any atom is -0.497 e. The van der Waals surface area contributed by atoms with E-state index in [-0.39, 0.29) is 12.0 Å². The molecule has 0 spiro atoms. The van der Waals surface area contributed by atoms with Crippen molar-refractivity contribution in [1.29, 1.82) is 0 Å². The number of nitrogens with one attached hydrogen (secondary N) is 1. The van der Waals surface area contributed by atoms with Gasteiger partial charge in [0.15, 0.2) is 0 Å². The van der Waals surface area contributed by atoms with Gasteiger partial charge in [0.1, 0.15) is 12.4 Å². The molecular formula is C20H20N2O4. The highest BCUT2D eigenvalue weighted by Gasteiger charge is 2.23. The van der Waals surface area contributed by atoms with E-state index < -0.39 is 0 Å². The predicted octanol–water partition coefficient (Wildman–Crippen LogP) is 2.98. The van der Waals surface area contributed by atoms with E-state index in [9.17, 15) is 9.59 Å². The molecule has 26 heavy (non-hydrogen) atoms. The summed E-state index contributed by atoms with van der Waals surface area (Å²) in [6.07, 6.45) is 2.87. The maximum Gasteiger partial charge on any atom is 0.414 e. The van der Waals surface area contributed by atoms with Crippen molar-refractivity contribution >= 4 is 23.8 Å². The van der Waals surface area contributed by atoms with Gasteiger partial charge in [-0.2, -0.15) is 0 Å². The molecule has 0 unspecified atom stereocenters. The summed E-state index contributed by atoms with van der Waals surface area (Å²) >= 11 is 0. The molecule has 0 saturated carbocycles. The maximum atomic E-state index is 12.0. The SMILES string of the molecule is COc1cccc(C=CC(=O)NCc2cccc(N3CCOC3=O)c2)c1. The fraction of sp³-hybridized carbons (Fsp3) is 0.200. The Morgan fingerprint density at radius 3 is 2.88 bits per heavy atom. The Kier molecular flexibility index (Phi) is 5.53. The van der Waals surface area contributed by atoms with Gasteiger partial charge in [0.05, 0.1) is 13.7 Å². The highest BCUT2D eigenvalue weighted by molar-refractivity contribution is 5.92. The Labute approximate surface area is 152 Å². The van der Waals surface area contributed by atoms with E-state index in [1.807, 2.05) is 48.5 Å². The van der Waals surface area contributed by atoms with E-state index in [0.717, 1.165) is 22.6 Å². The summed E-state index contributed by atoms with van der Waals surface area (Å²) in [4.78, 5) is 25.2. The summed E-state index contributed by atoms with van der Waals surface area (Å²) in [6.45, 7) is 1.31. The quantitative estimate of drug-likeness (QED) is 0.812. The lowest BCUT2D eigenvalue weighted by atomic mass is 10.2.